The van der Waals surface area contributed by atoms with Gasteiger partial charge in [0.15, 0.2) is 0 Å². The van der Waals surface area contributed by atoms with Crippen LogP contribution in [0, 0.1) is 34.0 Å². The second kappa shape index (κ2) is 32.5. The first-order chi connectivity index (χ1) is 46.2. The van der Waals surface area contributed by atoms with Gasteiger partial charge in [0.05, 0.1) is 109 Å². The SMILES string of the molecule is C[C@@](O)(CN1CCN(c2ccc(C#N)cc2Cl)[C@H](c2ccc(Cl)cc2)C1)c1ccccn1.C[C@](O)(CN1CCN(c2ccc(C#N)cc2Cl)[C@H](c2ccc(Cl)cc2)C1)c1ccccn1.C[C@]1(c2ccccn2)CO1.N#Cc1ccc(N2CCNC[C@H]2c2ccc(Cl)cc2)c(Cl)c1. The second-order valence-corrected chi connectivity index (χ2v) is 27.0. The van der Waals surface area contributed by atoms with Crippen molar-refractivity contribution < 1.29 is 14.9 Å². The van der Waals surface area contributed by atoms with E-state index >= 15 is 0 Å². The molecule has 0 bridgehead atoms. The molecule has 0 saturated carbocycles. The van der Waals surface area contributed by atoms with Gasteiger partial charge in [-0.25, -0.2) is 0 Å². The van der Waals surface area contributed by atoms with Gasteiger partial charge in [0, 0.05) is 106 Å². The lowest BCUT2D eigenvalue weighted by molar-refractivity contribution is 0.00645. The van der Waals surface area contributed by atoms with Crippen molar-refractivity contribution in [3.63, 3.8) is 0 Å². The summed E-state index contributed by atoms with van der Waals surface area (Å²) >= 11 is 37.8. The molecule has 0 aliphatic carbocycles. The number of piperazine rings is 3. The van der Waals surface area contributed by atoms with Gasteiger partial charge in [0.25, 0.3) is 0 Å². The maximum absolute atomic E-state index is 11.1. The summed E-state index contributed by atoms with van der Waals surface area (Å²) in [6.07, 6.45) is 5.19. The van der Waals surface area contributed by atoms with Crippen LogP contribution in [0.4, 0.5) is 17.1 Å². The number of ether oxygens (including phenoxy) is 1. The topological polar surface area (TPSA) is 191 Å². The Morgan fingerprint density at radius 3 is 1.19 bits per heavy atom. The highest BCUT2D eigenvalue weighted by Crippen LogP contribution is 2.41. The zero-order chi connectivity index (χ0) is 68.0. The van der Waals surface area contributed by atoms with Gasteiger partial charge in [-0.2, -0.15) is 15.8 Å². The fourth-order valence-corrected chi connectivity index (χ4v) is 13.5. The van der Waals surface area contributed by atoms with Crippen molar-refractivity contribution >= 4 is 86.7 Å². The van der Waals surface area contributed by atoms with Crippen molar-refractivity contribution in [1.82, 2.24) is 30.1 Å². The molecule has 4 aliphatic rings. The van der Waals surface area contributed by atoms with Gasteiger partial charge in [-0.3, -0.25) is 24.8 Å². The average Bonchev–Trinajstić information content (AvgIpc) is 1.38. The Bertz CT molecular complexity index is 4000. The predicted molar refractivity (Wildman–Crippen MR) is 384 cm³/mol. The second-order valence-electron chi connectivity index (χ2n) is 24.5. The quantitative estimate of drug-likeness (QED) is 0.0923. The Kier molecular flexibility index (Phi) is 24.0. The summed E-state index contributed by atoms with van der Waals surface area (Å²) in [7, 11) is 0. The van der Waals surface area contributed by atoms with E-state index in [1.54, 1.807) is 62.8 Å². The van der Waals surface area contributed by atoms with Crippen LogP contribution in [-0.2, 0) is 21.5 Å². The highest BCUT2D eigenvalue weighted by atomic mass is 35.5. The molecular formula is C75H72Cl6N12O3. The van der Waals surface area contributed by atoms with Crippen LogP contribution in [0.1, 0.15) is 89.4 Å². The number of halogens is 6. The Hall–Kier alpha value is -7.86. The van der Waals surface area contributed by atoms with Crippen molar-refractivity contribution in [2.45, 2.75) is 55.7 Å². The number of nitrogens with zero attached hydrogens (tertiary/aromatic N) is 11. The third kappa shape index (κ3) is 18.2. The van der Waals surface area contributed by atoms with Crippen LogP contribution in [0.3, 0.4) is 0 Å². The molecular weight excluding hydrogens is 1330 g/mol. The molecule has 0 amide bonds. The van der Waals surface area contributed by atoms with Crippen molar-refractivity contribution in [2.75, 3.05) is 93.3 Å². The van der Waals surface area contributed by atoms with Gasteiger partial charge in [0.2, 0.25) is 0 Å². The summed E-state index contributed by atoms with van der Waals surface area (Å²) in [5, 5.41) is 56.8. The van der Waals surface area contributed by atoms with Crippen LogP contribution in [0.2, 0.25) is 30.1 Å². The zero-order valence-electron chi connectivity index (χ0n) is 53.3. The molecule has 0 unspecified atom stereocenters. The van der Waals surface area contributed by atoms with Gasteiger partial charge in [-0.15, -0.1) is 0 Å². The van der Waals surface area contributed by atoms with E-state index < -0.39 is 11.2 Å². The minimum Gasteiger partial charge on any atom is -0.382 e. The lowest BCUT2D eigenvalue weighted by atomic mass is 9.97. The largest absolute Gasteiger partial charge is 0.382 e. The van der Waals surface area contributed by atoms with Gasteiger partial charge in [0.1, 0.15) is 16.8 Å². The molecule has 96 heavy (non-hydrogen) atoms. The predicted octanol–water partition coefficient (Wildman–Crippen LogP) is 15.4. The van der Waals surface area contributed by atoms with Crippen LogP contribution < -0.4 is 20.0 Å². The third-order valence-electron chi connectivity index (χ3n) is 17.4. The molecule has 492 valence electrons. The first kappa shape index (κ1) is 70.9. The molecule has 6 atom stereocenters. The van der Waals surface area contributed by atoms with E-state index in [-0.39, 0.29) is 23.7 Å². The summed E-state index contributed by atoms with van der Waals surface area (Å²) in [5.41, 5.74) is 7.93. The van der Waals surface area contributed by atoms with Gasteiger partial charge < -0.3 is 35.0 Å². The molecule has 0 spiro atoms. The number of nitrogens with one attached hydrogen (secondary N) is 1. The molecule has 6 aromatic carbocycles. The van der Waals surface area contributed by atoms with E-state index in [2.05, 4.69) is 69.9 Å². The number of benzene rings is 6. The Morgan fingerprint density at radius 1 is 0.490 bits per heavy atom. The summed E-state index contributed by atoms with van der Waals surface area (Å²) < 4.78 is 5.22. The summed E-state index contributed by atoms with van der Waals surface area (Å²) in [4.78, 5) is 24.2. The number of hydrogen-bond donors (Lipinski definition) is 3. The van der Waals surface area contributed by atoms with Crippen LogP contribution >= 0.6 is 69.6 Å². The maximum atomic E-state index is 11.1. The van der Waals surface area contributed by atoms with Gasteiger partial charge >= 0.3 is 0 Å². The third-order valence-corrected chi connectivity index (χ3v) is 19.0. The number of rotatable bonds is 13. The highest BCUT2D eigenvalue weighted by molar-refractivity contribution is 6.34. The number of β-amino-alcohol motifs (C(OH)–C–C–N with tert-alkyl or cyclic N) is 2. The number of hydrogen-bond acceptors (Lipinski definition) is 15. The number of aromatic nitrogens is 3. The molecule has 21 heteroatoms. The minimum atomic E-state index is -1.07. The summed E-state index contributed by atoms with van der Waals surface area (Å²) in [5.74, 6) is 0. The Labute approximate surface area is 591 Å². The van der Waals surface area contributed by atoms with Crippen molar-refractivity contribution in [3.05, 3.63) is 281 Å². The molecule has 13 rings (SSSR count). The fraction of sp³-hybridized carbons (Fsp3) is 0.280. The van der Waals surface area contributed by atoms with Gasteiger partial charge in [-0.05, 0) is 165 Å². The van der Waals surface area contributed by atoms with E-state index in [9.17, 15) is 20.7 Å². The van der Waals surface area contributed by atoms with Crippen molar-refractivity contribution in [1.29, 1.82) is 15.8 Å². The van der Waals surface area contributed by atoms with E-state index in [1.165, 1.54) is 5.56 Å². The molecule has 4 fully saturated rings. The summed E-state index contributed by atoms with van der Waals surface area (Å²) in [6, 6.07) is 63.4. The molecule has 0 radical (unpaired) electrons. The number of nitriles is 3. The lowest BCUT2D eigenvalue weighted by Gasteiger charge is -2.45. The molecule has 3 aromatic heterocycles. The lowest BCUT2D eigenvalue weighted by Crippen LogP contribution is -2.52. The van der Waals surface area contributed by atoms with E-state index in [0.717, 1.165) is 91.3 Å². The first-order valence-electron chi connectivity index (χ1n) is 31.4. The molecule has 7 heterocycles. The maximum Gasteiger partial charge on any atom is 0.130 e. The number of anilines is 3. The number of epoxide rings is 1. The Balaban J connectivity index is 0.000000148. The fourth-order valence-electron chi connectivity index (χ4n) is 12.2. The molecule has 9 aromatic rings. The van der Waals surface area contributed by atoms with Crippen LogP contribution in [-0.4, -0.2) is 114 Å². The van der Waals surface area contributed by atoms with Crippen molar-refractivity contribution in [2.24, 2.45) is 0 Å². The monoisotopic (exact) mass is 1400 g/mol. The minimum absolute atomic E-state index is 0.00554. The molecule has 4 saturated heterocycles. The highest BCUT2D eigenvalue weighted by Gasteiger charge is 2.42. The smallest absolute Gasteiger partial charge is 0.130 e. The first-order valence-corrected chi connectivity index (χ1v) is 33.7. The zero-order valence-corrected chi connectivity index (χ0v) is 57.8. The molecule has 3 N–H and O–H groups in total. The normalized spacial score (nSPS) is 19.8. The van der Waals surface area contributed by atoms with Crippen LogP contribution in [0.5, 0.6) is 0 Å². The average molecular weight is 1400 g/mol. The van der Waals surface area contributed by atoms with E-state index in [0.29, 0.717) is 79.4 Å². The van der Waals surface area contributed by atoms with Crippen molar-refractivity contribution in [3.8, 4) is 18.2 Å². The van der Waals surface area contributed by atoms with Crippen LogP contribution in [0.25, 0.3) is 0 Å². The number of aliphatic hydroxyl groups is 2. The van der Waals surface area contributed by atoms with Crippen LogP contribution in [0.15, 0.2) is 201 Å². The molecule has 15 nitrogen and oxygen atoms in total. The van der Waals surface area contributed by atoms with Gasteiger partial charge in [-0.1, -0.05) is 124 Å². The summed E-state index contributed by atoms with van der Waals surface area (Å²) in [6.45, 7) is 14.3. The van der Waals surface area contributed by atoms with E-state index in [1.807, 2.05) is 152 Å². The number of pyridine rings is 3. The standard InChI is InChI=1S/2C25H24Cl2N4O.C17H15Cl2N3.C8H9NO/c2*1-25(32,24-4-2-3-11-29-24)17-30-12-13-31(22-10-5-18(15-28)14-21(22)27)23(16-30)19-6-8-20(26)9-7-19;18-14-4-2-13(3-5-14)17-11-21-7-8-22(17)16-6-1-12(10-20)9-15(16)19;1-8(6-10-8)7-4-2-3-5-9-7/h2*2-11,14,23,32H,12-13,16-17H2,1H3;1-6,9,17,21H,7-8,11H2;2-5H,6H2,1H3/t23-,25+;23-,25-;17-;8-/m0001/s1. The van der Waals surface area contributed by atoms with E-state index in [4.69, 9.17) is 79.6 Å². The molecule has 4 aliphatic heterocycles. The Morgan fingerprint density at radius 2 is 0.854 bits per heavy atom.